The number of anilines is 2. The summed E-state index contributed by atoms with van der Waals surface area (Å²) in [6.45, 7) is 10.9. The highest BCUT2D eigenvalue weighted by molar-refractivity contribution is 6.17. The molecule has 0 atom stereocenters. The number of amides is 2. The van der Waals surface area contributed by atoms with Gasteiger partial charge in [0.15, 0.2) is 23.1 Å². The van der Waals surface area contributed by atoms with Crippen molar-refractivity contribution < 1.29 is 78.4 Å². The van der Waals surface area contributed by atoms with Crippen molar-refractivity contribution in [2.24, 2.45) is 23.7 Å². The molecular weight excluding hydrogens is 1010 g/mol. The van der Waals surface area contributed by atoms with Crippen LogP contribution < -0.4 is 19.3 Å². The number of carbonyl (C=O) groups excluding carboxylic acids is 3. The molecule has 0 radical (unpaired) electrons. The normalized spacial score (nSPS) is 18.0. The van der Waals surface area contributed by atoms with E-state index in [2.05, 4.69) is 23.8 Å². The van der Waals surface area contributed by atoms with E-state index in [9.17, 15) is 50.6 Å². The quantitative estimate of drug-likeness (QED) is 0.0686. The van der Waals surface area contributed by atoms with E-state index in [1.165, 1.54) is 16.9 Å². The molecule has 2 fully saturated rings. The maximum absolute atomic E-state index is 15.3. The Labute approximate surface area is 428 Å². The van der Waals surface area contributed by atoms with Crippen LogP contribution in [0.4, 0.5) is 46.5 Å². The largest absolute Gasteiger partial charge is 0.478 e. The first kappa shape index (κ1) is 58.8. The van der Waals surface area contributed by atoms with Crippen molar-refractivity contribution in [3.8, 4) is 23.3 Å². The number of aromatic nitrogens is 2. The number of esters is 1. The molecule has 2 aliphatic carbocycles. The van der Waals surface area contributed by atoms with E-state index in [1.807, 2.05) is 0 Å². The smallest absolute Gasteiger partial charge is 0.421 e. The summed E-state index contributed by atoms with van der Waals surface area (Å²) in [5.41, 5.74) is -3.24. The standard InChI is InChI=1S/C26H29ClF4N2O4.C26H30F4N2O5/c1-14(2)33(24(34)17-7-5-15(3)6-8-17)21-11-20(28)22(10-18(21)25(35)36-4)37-23-19(26(29,30)31)9-16(12-27)13-32-23;1-14(2)32(24(33)17-7-5-15(3)6-8-17)21-11-20(27)22(10-18(21)25(34)35)37-23-19(26(28,29)30)9-16(12-31-23)13-36-4/h9-11,13-15,17H,5-8,12H2,1-4H3;9-12,14-15,17H,5-8,13H2,1-4H3,(H,34,35). The zero-order chi connectivity index (χ0) is 55.0. The molecule has 0 spiro atoms. The van der Waals surface area contributed by atoms with Gasteiger partial charge in [-0.2, -0.15) is 26.3 Å². The van der Waals surface area contributed by atoms with Crippen LogP contribution in [0.1, 0.15) is 136 Å². The first-order chi connectivity index (χ1) is 34.7. The highest BCUT2D eigenvalue weighted by Gasteiger charge is 2.39. The second-order valence-corrected chi connectivity index (χ2v) is 19.3. The first-order valence-electron chi connectivity index (χ1n) is 23.9. The zero-order valence-corrected chi connectivity index (χ0v) is 42.8. The van der Waals surface area contributed by atoms with Crippen molar-refractivity contribution >= 4 is 46.7 Å². The highest BCUT2D eigenvalue weighted by atomic mass is 35.5. The number of hydrogen-bond donors (Lipinski definition) is 1. The number of aromatic carboxylic acids is 1. The highest BCUT2D eigenvalue weighted by Crippen LogP contribution is 2.43. The topological polar surface area (TPSA) is 158 Å². The third kappa shape index (κ3) is 14.4. The molecule has 0 unspecified atom stereocenters. The van der Waals surface area contributed by atoms with Crippen LogP contribution in [0.2, 0.25) is 0 Å². The van der Waals surface area contributed by atoms with Gasteiger partial charge in [-0.05, 0) is 114 Å². The molecule has 2 aromatic carbocycles. The molecule has 0 bridgehead atoms. The molecule has 2 amide bonds. The Hall–Kier alpha value is -6.09. The Balaban J connectivity index is 0.000000274. The van der Waals surface area contributed by atoms with Gasteiger partial charge in [0.2, 0.25) is 23.6 Å². The van der Waals surface area contributed by atoms with E-state index < -0.39 is 88.0 Å². The van der Waals surface area contributed by atoms with E-state index in [0.717, 1.165) is 81.6 Å². The molecule has 4 aromatic rings. The van der Waals surface area contributed by atoms with Gasteiger partial charge in [-0.15, -0.1) is 11.6 Å². The van der Waals surface area contributed by atoms with Crippen LogP contribution >= 0.6 is 11.6 Å². The van der Waals surface area contributed by atoms with Crippen molar-refractivity contribution in [2.45, 2.75) is 130 Å². The van der Waals surface area contributed by atoms with Crippen LogP contribution in [0, 0.1) is 35.3 Å². The lowest BCUT2D eigenvalue weighted by molar-refractivity contribution is -0.139. The average molecular weight is 1070 g/mol. The molecule has 22 heteroatoms. The number of carboxylic acids is 1. The van der Waals surface area contributed by atoms with Gasteiger partial charge in [-0.1, -0.05) is 13.8 Å². The van der Waals surface area contributed by atoms with E-state index >= 15 is 8.78 Å². The summed E-state index contributed by atoms with van der Waals surface area (Å²) in [5.74, 6) is -8.30. The van der Waals surface area contributed by atoms with Crippen LogP contribution in [-0.4, -0.2) is 65.1 Å². The lowest BCUT2D eigenvalue weighted by atomic mass is 9.82. The van der Waals surface area contributed by atoms with Crippen molar-refractivity contribution in [3.05, 3.63) is 93.8 Å². The lowest BCUT2D eigenvalue weighted by Crippen LogP contribution is -2.43. The molecule has 404 valence electrons. The summed E-state index contributed by atoms with van der Waals surface area (Å²) in [4.78, 5) is 61.6. The van der Waals surface area contributed by atoms with Gasteiger partial charge in [-0.25, -0.2) is 28.3 Å². The van der Waals surface area contributed by atoms with Gasteiger partial charge >= 0.3 is 24.3 Å². The fourth-order valence-electron chi connectivity index (χ4n) is 8.88. The number of ether oxygens (including phenoxy) is 4. The number of carbonyl (C=O) groups is 4. The number of benzene rings is 2. The average Bonchev–Trinajstić information content (AvgIpc) is 3.33. The minimum atomic E-state index is -4.88. The predicted octanol–water partition coefficient (Wildman–Crippen LogP) is 13.6. The molecule has 0 aliphatic heterocycles. The summed E-state index contributed by atoms with van der Waals surface area (Å²) in [7, 11) is 2.41. The zero-order valence-electron chi connectivity index (χ0n) is 42.1. The maximum atomic E-state index is 15.3. The number of hydrogen-bond acceptors (Lipinski definition) is 10. The Morgan fingerprint density at radius 1 is 0.649 bits per heavy atom. The molecule has 1 N–H and O–H groups in total. The third-order valence-electron chi connectivity index (χ3n) is 12.8. The van der Waals surface area contributed by atoms with Gasteiger partial charge in [0, 0.05) is 73.6 Å². The first-order valence-corrected chi connectivity index (χ1v) is 24.4. The minimum Gasteiger partial charge on any atom is -0.478 e. The predicted molar refractivity (Wildman–Crippen MR) is 257 cm³/mol. The van der Waals surface area contributed by atoms with E-state index in [0.29, 0.717) is 37.5 Å². The van der Waals surface area contributed by atoms with Gasteiger partial charge < -0.3 is 33.9 Å². The summed E-state index contributed by atoms with van der Waals surface area (Å²) in [6, 6.07) is 4.02. The third-order valence-corrected chi connectivity index (χ3v) is 13.1. The molecule has 2 aromatic heterocycles. The number of methoxy groups -OCH3 is 2. The number of rotatable bonds is 15. The van der Waals surface area contributed by atoms with Crippen molar-refractivity contribution in [1.82, 2.24) is 9.97 Å². The van der Waals surface area contributed by atoms with Crippen LogP contribution in [0.5, 0.6) is 23.3 Å². The van der Waals surface area contributed by atoms with Gasteiger partial charge in [0.25, 0.3) is 0 Å². The Bertz CT molecular complexity index is 2650. The van der Waals surface area contributed by atoms with E-state index in [-0.39, 0.29) is 64.2 Å². The second kappa shape index (κ2) is 25.0. The molecule has 74 heavy (non-hydrogen) atoms. The van der Waals surface area contributed by atoms with Crippen LogP contribution in [0.3, 0.4) is 0 Å². The van der Waals surface area contributed by atoms with E-state index in [4.69, 9.17) is 30.5 Å². The Morgan fingerprint density at radius 3 is 1.41 bits per heavy atom. The molecule has 6 rings (SSSR count). The summed E-state index contributed by atoms with van der Waals surface area (Å²) in [6.07, 6.45) is -1.48. The molecule has 13 nitrogen and oxygen atoms in total. The molecule has 2 heterocycles. The van der Waals surface area contributed by atoms with Gasteiger partial charge in [0.05, 0.1) is 36.2 Å². The summed E-state index contributed by atoms with van der Waals surface area (Å²) < 4.78 is 132. The summed E-state index contributed by atoms with van der Waals surface area (Å²) in [5, 5.41) is 9.86. The van der Waals surface area contributed by atoms with Crippen LogP contribution in [-0.2, 0) is 43.9 Å². The second-order valence-electron chi connectivity index (χ2n) is 19.1. The van der Waals surface area contributed by atoms with Crippen molar-refractivity contribution in [2.75, 3.05) is 24.0 Å². The Kier molecular flexibility index (Phi) is 19.8. The number of pyridine rings is 2. The SMILES string of the molecule is COC(=O)c1cc(Oc2ncc(CCl)cc2C(F)(F)F)c(F)cc1N(C(=O)C1CCC(C)CC1)C(C)C.COCc1cnc(Oc2cc(C(=O)O)c(N(C(=O)C3CCC(C)CC3)C(C)C)cc2F)c(C(F)(F)F)c1. The lowest BCUT2D eigenvalue weighted by Gasteiger charge is -2.34. The van der Waals surface area contributed by atoms with Crippen molar-refractivity contribution in [3.63, 3.8) is 0 Å². The number of halogens is 9. The molecule has 0 saturated heterocycles. The summed E-state index contributed by atoms with van der Waals surface area (Å²) >= 11 is 5.63. The monoisotopic (exact) mass is 1070 g/mol. The fourth-order valence-corrected chi connectivity index (χ4v) is 9.03. The molecule has 2 aliphatic rings. The maximum Gasteiger partial charge on any atom is 0.421 e. The van der Waals surface area contributed by atoms with Crippen molar-refractivity contribution in [1.29, 1.82) is 0 Å². The molecule has 2 saturated carbocycles. The number of nitrogens with zero attached hydrogens (tertiary/aromatic N) is 4. The number of alkyl halides is 7. The molecular formula is C52H59ClF8N4O9. The van der Waals surface area contributed by atoms with Crippen LogP contribution in [0.15, 0.2) is 48.8 Å². The minimum absolute atomic E-state index is 0.0446. The van der Waals surface area contributed by atoms with Gasteiger partial charge in [-0.3, -0.25) is 9.59 Å². The Morgan fingerprint density at radius 2 is 1.04 bits per heavy atom. The number of carboxylic acid groups (broad SMARTS) is 1. The van der Waals surface area contributed by atoms with E-state index in [1.54, 1.807) is 27.7 Å². The van der Waals surface area contributed by atoms with Crippen LogP contribution in [0.25, 0.3) is 0 Å². The van der Waals surface area contributed by atoms with Gasteiger partial charge in [0.1, 0.15) is 11.1 Å². The fraction of sp³-hybridized carbons (Fsp3) is 0.500.